The normalized spacial score (nSPS) is 9.90. The highest BCUT2D eigenvalue weighted by atomic mass is 31.0. The van der Waals surface area contributed by atoms with Crippen LogP contribution in [0.4, 0.5) is 0 Å². The molecule has 0 amide bonds. The molecule has 0 aliphatic heterocycles. The number of rotatable bonds is 3. The molecule has 6 rings (SSSR count). The number of hydrogen-bond acceptors (Lipinski definition) is 3. The van der Waals surface area contributed by atoms with Gasteiger partial charge in [-0.05, 0) is 50.5 Å². The first-order valence-electron chi connectivity index (χ1n) is 12.0. The minimum Gasteiger partial charge on any atom is -0.478 e. The first-order chi connectivity index (χ1) is 18.9. The van der Waals surface area contributed by atoms with E-state index in [2.05, 4.69) is 0 Å². The Bertz CT molecular complexity index is 1580. The fourth-order valence-electron chi connectivity index (χ4n) is 4.24. The Morgan fingerprint density at radius 1 is 0.350 bits per heavy atom. The molecule has 0 spiro atoms. The number of aromatic carboxylic acids is 3. The summed E-state index contributed by atoms with van der Waals surface area (Å²) < 4.78 is 0. The molecule has 7 heteroatoms. The number of carbonyl (C=O) groups is 3. The van der Waals surface area contributed by atoms with Crippen molar-refractivity contribution in [2.24, 2.45) is 0 Å². The van der Waals surface area contributed by atoms with Crippen LogP contribution in [0.5, 0.6) is 0 Å². The predicted molar refractivity (Wildman–Crippen MR) is 164 cm³/mol. The zero-order valence-corrected chi connectivity index (χ0v) is 22.8. The third kappa shape index (κ3) is 6.87. The van der Waals surface area contributed by atoms with E-state index in [-0.39, 0.29) is 9.90 Å². The van der Waals surface area contributed by atoms with Crippen molar-refractivity contribution in [3.8, 4) is 0 Å². The maximum absolute atomic E-state index is 10.8. The average molecular weight is 551 g/mol. The Labute approximate surface area is 233 Å². The molecule has 0 radical (unpaired) electrons. The van der Waals surface area contributed by atoms with E-state index in [4.69, 9.17) is 15.3 Å². The highest BCUT2D eigenvalue weighted by Gasteiger charge is 2.07. The molecule has 0 fully saturated rings. The van der Waals surface area contributed by atoms with Gasteiger partial charge >= 0.3 is 17.9 Å². The van der Waals surface area contributed by atoms with Gasteiger partial charge in [0.15, 0.2) is 0 Å². The standard InChI is InChI=1S/3C11H8O2.H3P/c3*12-11(13)10-7-3-5-8-4-1-2-6-9(8)10;/h3*1-7H,(H,12,13);1H3. The van der Waals surface area contributed by atoms with Gasteiger partial charge < -0.3 is 15.3 Å². The van der Waals surface area contributed by atoms with Crippen molar-refractivity contribution in [1.82, 2.24) is 0 Å². The molecule has 6 aromatic rings. The lowest BCUT2D eigenvalue weighted by Crippen LogP contribution is -1.96. The minimum absolute atomic E-state index is 0. The van der Waals surface area contributed by atoms with E-state index in [1.807, 2.05) is 91.0 Å². The second-order valence-corrected chi connectivity index (χ2v) is 8.50. The van der Waals surface area contributed by atoms with E-state index in [0.717, 1.165) is 32.3 Å². The molecule has 0 aliphatic rings. The quantitative estimate of drug-likeness (QED) is 0.195. The average Bonchev–Trinajstić information content (AvgIpc) is 2.96. The summed E-state index contributed by atoms with van der Waals surface area (Å²) in [5, 5.41) is 31.9. The molecule has 200 valence electrons. The van der Waals surface area contributed by atoms with Gasteiger partial charge in [0.25, 0.3) is 0 Å². The third-order valence-electron chi connectivity index (χ3n) is 6.06. The Morgan fingerprint density at radius 3 is 0.825 bits per heavy atom. The minimum atomic E-state index is -0.878. The van der Waals surface area contributed by atoms with Gasteiger partial charge in [-0.15, -0.1) is 0 Å². The molecular formula is C33H27O6P. The molecule has 1 unspecified atom stereocenters. The number of benzene rings is 6. The summed E-state index contributed by atoms with van der Waals surface area (Å²) in [6.07, 6.45) is 0. The van der Waals surface area contributed by atoms with Gasteiger partial charge in [-0.1, -0.05) is 109 Å². The van der Waals surface area contributed by atoms with E-state index in [1.165, 1.54) is 0 Å². The van der Waals surface area contributed by atoms with E-state index in [0.29, 0.717) is 16.7 Å². The fourth-order valence-corrected chi connectivity index (χ4v) is 4.24. The van der Waals surface area contributed by atoms with Gasteiger partial charge in [-0.25, -0.2) is 14.4 Å². The largest absolute Gasteiger partial charge is 0.478 e. The highest BCUT2D eigenvalue weighted by Crippen LogP contribution is 2.20. The summed E-state index contributed by atoms with van der Waals surface area (Å²) in [5.74, 6) is -2.63. The van der Waals surface area contributed by atoms with Crippen LogP contribution in [-0.2, 0) is 0 Å². The molecule has 0 saturated carbocycles. The highest BCUT2D eigenvalue weighted by molar-refractivity contribution is 6.92. The summed E-state index contributed by atoms with van der Waals surface area (Å²) in [6.45, 7) is 0. The summed E-state index contributed by atoms with van der Waals surface area (Å²) in [7, 11) is 0. The SMILES string of the molecule is O=C(O)c1cccc2ccccc12.O=C(O)c1cccc2ccccc12.O=C(O)c1cccc2ccccc12.P. The Morgan fingerprint density at radius 2 is 0.575 bits per heavy atom. The van der Waals surface area contributed by atoms with Crippen molar-refractivity contribution in [3.05, 3.63) is 144 Å². The number of carboxylic acid groups (broad SMARTS) is 3. The van der Waals surface area contributed by atoms with Crippen molar-refractivity contribution >= 4 is 60.1 Å². The summed E-state index contributed by atoms with van der Waals surface area (Å²) in [4.78, 5) is 32.4. The van der Waals surface area contributed by atoms with Gasteiger partial charge in [0, 0.05) is 0 Å². The molecule has 0 heterocycles. The molecule has 1 atom stereocenters. The van der Waals surface area contributed by atoms with E-state index in [1.54, 1.807) is 36.4 Å². The molecule has 40 heavy (non-hydrogen) atoms. The van der Waals surface area contributed by atoms with Gasteiger partial charge in [0.05, 0.1) is 16.7 Å². The topological polar surface area (TPSA) is 112 Å². The lowest BCUT2D eigenvalue weighted by molar-refractivity contribution is 0.0688. The van der Waals surface area contributed by atoms with Crippen LogP contribution in [0.2, 0.25) is 0 Å². The zero-order chi connectivity index (χ0) is 27.8. The van der Waals surface area contributed by atoms with Crippen molar-refractivity contribution < 1.29 is 29.7 Å². The second-order valence-electron chi connectivity index (χ2n) is 8.50. The summed E-state index contributed by atoms with van der Waals surface area (Å²) in [6, 6.07) is 38.2. The molecule has 0 saturated heterocycles. The Balaban J connectivity index is 0.000000163. The van der Waals surface area contributed by atoms with E-state index in [9.17, 15) is 14.4 Å². The Kier molecular flexibility index (Phi) is 10.1. The number of hydrogen-bond donors (Lipinski definition) is 3. The molecular weight excluding hydrogens is 523 g/mol. The maximum Gasteiger partial charge on any atom is 0.336 e. The van der Waals surface area contributed by atoms with Gasteiger partial charge in [-0.3, -0.25) is 0 Å². The van der Waals surface area contributed by atoms with Crippen LogP contribution in [0.1, 0.15) is 31.1 Å². The first kappa shape index (κ1) is 29.5. The molecule has 6 aromatic carbocycles. The van der Waals surface area contributed by atoms with Crippen molar-refractivity contribution in [1.29, 1.82) is 0 Å². The molecule has 0 aliphatic carbocycles. The van der Waals surface area contributed by atoms with Crippen LogP contribution in [0, 0.1) is 0 Å². The van der Waals surface area contributed by atoms with E-state index < -0.39 is 17.9 Å². The number of fused-ring (bicyclic) bond motifs is 3. The first-order valence-corrected chi connectivity index (χ1v) is 12.0. The van der Waals surface area contributed by atoms with Gasteiger partial charge in [-0.2, -0.15) is 9.90 Å². The zero-order valence-electron chi connectivity index (χ0n) is 21.4. The van der Waals surface area contributed by atoms with Crippen LogP contribution < -0.4 is 0 Å². The second kappa shape index (κ2) is 13.7. The predicted octanol–water partition coefficient (Wildman–Crippen LogP) is 7.67. The molecule has 0 bridgehead atoms. The lowest BCUT2D eigenvalue weighted by Gasteiger charge is -2.00. The van der Waals surface area contributed by atoms with Crippen LogP contribution in [0.25, 0.3) is 32.3 Å². The Hall–Kier alpha value is -5.06. The molecule has 3 N–H and O–H groups in total. The van der Waals surface area contributed by atoms with E-state index >= 15 is 0 Å². The number of carboxylic acids is 3. The van der Waals surface area contributed by atoms with Crippen LogP contribution in [-0.4, -0.2) is 33.2 Å². The maximum atomic E-state index is 10.8. The summed E-state index contributed by atoms with van der Waals surface area (Å²) in [5.41, 5.74) is 1.08. The van der Waals surface area contributed by atoms with Crippen molar-refractivity contribution in [3.63, 3.8) is 0 Å². The smallest absolute Gasteiger partial charge is 0.336 e. The fraction of sp³-hybridized carbons (Fsp3) is 0. The third-order valence-corrected chi connectivity index (χ3v) is 6.06. The van der Waals surface area contributed by atoms with Crippen molar-refractivity contribution in [2.45, 2.75) is 0 Å². The van der Waals surface area contributed by atoms with Crippen LogP contribution in [0.15, 0.2) is 127 Å². The van der Waals surface area contributed by atoms with Gasteiger partial charge in [0.1, 0.15) is 0 Å². The van der Waals surface area contributed by atoms with Crippen LogP contribution in [0.3, 0.4) is 0 Å². The molecule has 0 aromatic heterocycles. The summed E-state index contributed by atoms with van der Waals surface area (Å²) >= 11 is 0. The lowest BCUT2D eigenvalue weighted by atomic mass is 10.1. The van der Waals surface area contributed by atoms with Gasteiger partial charge in [0.2, 0.25) is 0 Å². The van der Waals surface area contributed by atoms with Crippen LogP contribution >= 0.6 is 9.90 Å². The van der Waals surface area contributed by atoms with Crippen molar-refractivity contribution in [2.75, 3.05) is 0 Å². The monoisotopic (exact) mass is 550 g/mol. The molecule has 6 nitrogen and oxygen atoms in total.